The normalized spacial score (nSPS) is 11.8. The van der Waals surface area contributed by atoms with Gasteiger partial charge in [0, 0.05) is 0 Å². The van der Waals surface area contributed by atoms with Gasteiger partial charge in [0.25, 0.3) is 0 Å². The third-order valence-electron chi connectivity index (χ3n) is 2.14. The Balaban J connectivity index is 3.31. The van der Waals surface area contributed by atoms with Crippen LogP contribution < -0.4 is 5.19 Å². The lowest BCUT2D eigenvalue weighted by atomic mass is 10.2. The van der Waals surface area contributed by atoms with Crippen LogP contribution in [0.3, 0.4) is 0 Å². The summed E-state index contributed by atoms with van der Waals surface area (Å²) in [4.78, 5) is 0. The summed E-state index contributed by atoms with van der Waals surface area (Å²) in [6.45, 7) is 11.6. The third kappa shape index (κ3) is 1.78. The monoisotopic (exact) mass is 177 g/mol. The molecule has 0 heterocycles. The van der Waals surface area contributed by atoms with Crippen LogP contribution in [0.4, 0.5) is 0 Å². The van der Waals surface area contributed by atoms with Crippen LogP contribution in [-0.4, -0.2) is 8.07 Å². The first kappa shape index (κ1) is 9.52. The van der Waals surface area contributed by atoms with E-state index in [0.717, 1.165) is 0 Å². The summed E-state index contributed by atoms with van der Waals surface area (Å²) in [5, 5.41) is 1.60. The van der Waals surface area contributed by atoms with Crippen molar-refractivity contribution in [2.75, 3.05) is 0 Å². The Kier molecular flexibility index (Phi) is 2.43. The van der Waals surface area contributed by atoms with Crippen molar-refractivity contribution in [1.29, 1.82) is 0 Å². The van der Waals surface area contributed by atoms with Crippen molar-refractivity contribution < 1.29 is 0 Å². The van der Waals surface area contributed by atoms with Gasteiger partial charge in [-0.2, -0.15) is 0 Å². The highest BCUT2D eigenvalue weighted by Crippen LogP contribution is 2.09. The highest BCUT2D eigenvalue weighted by molar-refractivity contribution is 6.89. The lowest BCUT2D eigenvalue weighted by molar-refractivity contribution is 1.40. The summed E-state index contributed by atoms with van der Waals surface area (Å²) in [5.74, 6) is 0. The largest absolute Gasteiger partial charge is 0.0782 e. The third-order valence-corrected chi connectivity index (χ3v) is 4.43. The maximum Gasteiger partial charge on any atom is 0.0782 e. The van der Waals surface area contributed by atoms with Gasteiger partial charge in [-0.15, -0.1) is 0 Å². The van der Waals surface area contributed by atoms with Gasteiger partial charge >= 0.3 is 0 Å². The molecule has 0 spiro atoms. The summed E-state index contributed by atoms with van der Waals surface area (Å²) in [5.41, 5.74) is 2.82. The minimum Gasteiger partial charge on any atom is -0.0656 e. The predicted octanol–water partition coefficient (Wildman–Crippen LogP) is 2.65. The Hall–Kier alpha value is -0.563. The van der Waals surface area contributed by atoms with E-state index >= 15 is 0 Å². The fourth-order valence-corrected chi connectivity index (χ4v) is 4.44. The van der Waals surface area contributed by atoms with Crippen molar-refractivity contribution >= 4 is 13.3 Å². The van der Waals surface area contributed by atoms with Crippen molar-refractivity contribution in [3.63, 3.8) is 0 Å². The molecule has 1 heteroatoms. The molecule has 0 N–H and O–H groups in total. The average Bonchev–Trinajstić information content (AvgIpc) is 1.82. The van der Waals surface area contributed by atoms with Crippen molar-refractivity contribution in [1.82, 2.24) is 0 Å². The van der Waals surface area contributed by atoms with Gasteiger partial charge in [0.05, 0.1) is 8.07 Å². The van der Waals surface area contributed by atoms with E-state index in [9.17, 15) is 0 Å². The molecule has 0 amide bonds. The second-order valence-corrected chi connectivity index (χ2v) is 9.45. The van der Waals surface area contributed by atoms with Crippen LogP contribution in [0.15, 0.2) is 12.1 Å². The maximum atomic E-state index is 3.16. The molecule has 0 saturated heterocycles. The molecule has 0 nitrogen and oxygen atoms in total. The minimum absolute atomic E-state index is 1.14. The van der Waals surface area contributed by atoms with Crippen LogP contribution >= 0.6 is 0 Å². The van der Waals surface area contributed by atoms with Crippen LogP contribution in [0.2, 0.25) is 19.6 Å². The second kappa shape index (κ2) is 3.06. The Morgan fingerprint density at radius 3 is 1.67 bits per heavy atom. The highest BCUT2D eigenvalue weighted by Gasteiger charge is 2.20. The van der Waals surface area contributed by atoms with Gasteiger partial charge in [0.15, 0.2) is 0 Å². The van der Waals surface area contributed by atoms with Gasteiger partial charge in [0.2, 0.25) is 0 Å². The van der Waals surface area contributed by atoms with Crippen LogP contribution in [0.25, 0.3) is 0 Å². The molecule has 1 aromatic carbocycles. The molecule has 0 aromatic heterocycles. The van der Waals surface area contributed by atoms with E-state index in [0.29, 0.717) is 0 Å². The van der Waals surface area contributed by atoms with Crippen LogP contribution in [0.1, 0.15) is 11.1 Å². The molecule has 12 heavy (non-hydrogen) atoms. The number of aryl methyl sites for hydroxylation is 2. The fourth-order valence-electron chi connectivity index (χ4n) is 1.93. The number of benzene rings is 1. The van der Waals surface area contributed by atoms with E-state index < -0.39 is 8.07 Å². The van der Waals surface area contributed by atoms with Crippen molar-refractivity contribution in [3.8, 4) is 0 Å². The minimum atomic E-state index is -1.14. The Morgan fingerprint density at radius 1 is 1.00 bits per heavy atom. The Labute approximate surface area is 76.6 Å². The van der Waals surface area contributed by atoms with E-state index in [1.165, 1.54) is 11.1 Å². The zero-order valence-corrected chi connectivity index (χ0v) is 9.65. The van der Waals surface area contributed by atoms with Crippen molar-refractivity contribution in [2.24, 2.45) is 0 Å². The first-order valence-electron chi connectivity index (χ1n) is 4.40. The number of rotatable bonds is 1. The molecular formula is C11H17Si. The van der Waals surface area contributed by atoms with E-state index in [-0.39, 0.29) is 0 Å². The molecule has 1 radical (unpaired) electrons. The van der Waals surface area contributed by atoms with Crippen molar-refractivity contribution in [3.05, 3.63) is 29.3 Å². The molecule has 0 bridgehead atoms. The van der Waals surface area contributed by atoms with Crippen molar-refractivity contribution in [2.45, 2.75) is 33.5 Å². The van der Waals surface area contributed by atoms with Gasteiger partial charge in [0.1, 0.15) is 0 Å². The SMILES string of the molecule is Cc1c[c]cc(C)c1[Si](C)(C)C. The van der Waals surface area contributed by atoms with Gasteiger partial charge in [-0.25, -0.2) is 0 Å². The molecule has 0 aliphatic rings. The molecular weight excluding hydrogens is 160 g/mol. The lowest BCUT2D eigenvalue weighted by Gasteiger charge is -2.21. The molecule has 0 aliphatic carbocycles. The summed E-state index contributed by atoms with van der Waals surface area (Å²) < 4.78 is 0. The molecule has 0 fully saturated rings. The van der Waals surface area contributed by atoms with Gasteiger partial charge in [-0.1, -0.05) is 48.1 Å². The number of hydrogen-bond donors (Lipinski definition) is 0. The zero-order chi connectivity index (χ0) is 9.35. The summed E-state index contributed by atoms with van der Waals surface area (Å²) >= 11 is 0. The second-order valence-electron chi connectivity index (χ2n) is 4.45. The lowest BCUT2D eigenvalue weighted by Crippen LogP contribution is -2.41. The summed E-state index contributed by atoms with van der Waals surface area (Å²) in [6.07, 6.45) is 0. The fraction of sp³-hybridized carbons (Fsp3) is 0.455. The zero-order valence-electron chi connectivity index (χ0n) is 8.65. The topological polar surface area (TPSA) is 0 Å². The highest BCUT2D eigenvalue weighted by atomic mass is 28.3. The quantitative estimate of drug-likeness (QED) is 0.579. The molecule has 0 atom stereocenters. The smallest absolute Gasteiger partial charge is 0.0656 e. The first-order chi connectivity index (χ1) is 5.43. The molecule has 65 valence electrons. The van der Waals surface area contributed by atoms with Crippen LogP contribution in [0, 0.1) is 19.9 Å². The maximum absolute atomic E-state index is 3.16. The Bertz CT molecular complexity index is 261. The van der Waals surface area contributed by atoms with Crippen LogP contribution in [0.5, 0.6) is 0 Å². The first-order valence-corrected chi connectivity index (χ1v) is 7.90. The predicted molar refractivity (Wildman–Crippen MR) is 57.7 cm³/mol. The van der Waals surface area contributed by atoms with Gasteiger partial charge in [-0.3, -0.25) is 0 Å². The summed E-state index contributed by atoms with van der Waals surface area (Å²) in [7, 11) is -1.14. The molecule has 0 saturated carbocycles. The molecule has 1 rings (SSSR count). The van der Waals surface area contributed by atoms with Gasteiger partial charge in [-0.05, 0) is 19.9 Å². The number of hydrogen-bond acceptors (Lipinski definition) is 0. The summed E-state index contributed by atoms with van der Waals surface area (Å²) in [6, 6.07) is 7.36. The Morgan fingerprint density at radius 2 is 1.42 bits per heavy atom. The van der Waals surface area contributed by atoms with E-state index in [2.05, 4.69) is 51.7 Å². The molecule has 1 aromatic rings. The van der Waals surface area contributed by atoms with E-state index in [1.807, 2.05) is 0 Å². The van der Waals surface area contributed by atoms with Crippen LogP contribution in [-0.2, 0) is 0 Å². The molecule has 0 aliphatic heterocycles. The standard InChI is InChI=1S/C11H17Si/c1-9-7-6-8-10(2)11(9)12(3,4)5/h7-8H,1-5H3. The van der Waals surface area contributed by atoms with E-state index in [4.69, 9.17) is 0 Å². The van der Waals surface area contributed by atoms with Gasteiger partial charge < -0.3 is 0 Å². The van der Waals surface area contributed by atoms with E-state index in [1.54, 1.807) is 5.19 Å². The molecule has 0 unspecified atom stereocenters. The average molecular weight is 177 g/mol.